The Labute approximate surface area is 106 Å². The number of rotatable bonds is 8. The van der Waals surface area contributed by atoms with Gasteiger partial charge >= 0.3 is 5.97 Å². The first-order valence-corrected chi connectivity index (χ1v) is 6.80. The van der Waals surface area contributed by atoms with Crippen LogP contribution in [0.25, 0.3) is 6.08 Å². The van der Waals surface area contributed by atoms with Gasteiger partial charge in [0.2, 0.25) is 0 Å². The Balaban J connectivity index is 2.42. The van der Waals surface area contributed by atoms with Crippen LogP contribution in [-0.2, 0) is 4.79 Å². The Morgan fingerprint density at radius 3 is 2.94 bits per heavy atom. The molecule has 0 aromatic carbocycles. The second-order valence-electron chi connectivity index (χ2n) is 3.87. The average Bonchev–Trinajstić information content (AvgIpc) is 2.79. The Morgan fingerprint density at radius 2 is 2.35 bits per heavy atom. The van der Waals surface area contributed by atoms with Gasteiger partial charge in [0.25, 0.3) is 0 Å². The highest BCUT2D eigenvalue weighted by Gasteiger charge is 2.06. The number of unbranched alkanes of at least 4 members (excludes halogenated alkanes) is 2. The monoisotopic (exact) mass is 253 g/mol. The number of carbonyl (C=O) groups is 1. The molecule has 0 aliphatic rings. The number of carboxylic acid groups (broad SMARTS) is 1. The van der Waals surface area contributed by atoms with Crippen LogP contribution in [0.3, 0.4) is 0 Å². The van der Waals surface area contributed by atoms with E-state index in [9.17, 15) is 4.79 Å². The summed E-state index contributed by atoms with van der Waals surface area (Å²) in [6.45, 7) is 3.46. The molecule has 0 aliphatic carbocycles. The average molecular weight is 253 g/mol. The lowest BCUT2D eigenvalue weighted by Gasteiger charge is -2.04. The zero-order chi connectivity index (χ0) is 12.5. The van der Waals surface area contributed by atoms with E-state index in [4.69, 9.17) is 5.11 Å². The highest BCUT2D eigenvalue weighted by molar-refractivity contribution is 7.10. The van der Waals surface area contributed by atoms with E-state index in [1.165, 1.54) is 12.8 Å². The SMILES string of the molecule is CCCCCNC/C(=C\c1cccs1)C(=O)O. The molecule has 94 valence electrons. The summed E-state index contributed by atoms with van der Waals surface area (Å²) in [5.41, 5.74) is 0.420. The largest absolute Gasteiger partial charge is 0.478 e. The smallest absolute Gasteiger partial charge is 0.332 e. The third-order valence-corrected chi connectivity index (χ3v) is 3.23. The Bertz CT molecular complexity index is 358. The quantitative estimate of drug-likeness (QED) is 0.553. The van der Waals surface area contributed by atoms with Gasteiger partial charge in [0.1, 0.15) is 0 Å². The molecule has 2 N–H and O–H groups in total. The second kappa shape index (κ2) is 8.03. The van der Waals surface area contributed by atoms with Crippen molar-refractivity contribution in [1.82, 2.24) is 5.32 Å². The van der Waals surface area contributed by atoms with Crippen molar-refractivity contribution in [3.63, 3.8) is 0 Å². The summed E-state index contributed by atoms with van der Waals surface area (Å²) in [7, 11) is 0. The third kappa shape index (κ3) is 5.65. The van der Waals surface area contributed by atoms with Gasteiger partial charge in [0.15, 0.2) is 0 Å². The van der Waals surface area contributed by atoms with Crippen LogP contribution in [0.2, 0.25) is 0 Å². The van der Waals surface area contributed by atoms with Crippen LogP contribution in [-0.4, -0.2) is 24.2 Å². The summed E-state index contributed by atoms with van der Waals surface area (Å²) in [5.74, 6) is -0.846. The first kappa shape index (κ1) is 13.9. The fourth-order valence-electron chi connectivity index (χ4n) is 1.46. The minimum absolute atomic E-state index is 0.420. The van der Waals surface area contributed by atoms with Gasteiger partial charge in [-0.2, -0.15) is 0 Å². The number of aliphatic carboxylic acids is 1. The van der Waals surface area contributed by atoms with Gasteiger partial charge < -0.3 is 10.4 Å². The molecule has 1 aromatic rings. The fourth-order valence-corrected chi connectivity index (χ4v) is 2.14. The summed E-state index contributed by atoms with van der Waals surface area (Å²) < 4.78 is 0. The first-order chi connectivity index (χ1) is 8.24. The molecule has 0 radical (unpaired) electrons. The third-order valence-electron chi connectivity index (χ3n) is 2.41. The molecule has 1 rings (SSSR count). The van der Waals surface area contributed by atoms with Crippen molar-refractivity contribution >= 4 is 23.4 Å². The molecule has 0 aliphatic heterocycles. The van der Waals surface area contributed by atoms with Crippen LogP contribution in [0.1, 0.15) is 31.1 Å². The molecule has 4 heteroatoms. The second-order valence-corrected chi connectivity index (χ2v) is 4.85. The maximum atomic E-state index is 11.0. The van der Waals surface area contributed by atoms with Crippen LogP contribution in [0.15, 0.2) is 23.1 Å². The van der Waals surface area contributed by atoms with Gasteiger partial charge in [-0.05, 0) is 30.5 Å². The molecule has 0 unspecified atom stereocenters. The van der Waals surface area contributed by atoms with Crippen molar-refractivity contribution in [2.75, 3.05) is 13.1 Å². The van der Waals surface area contributed by atoms with Crippen molar-refractivity contribution < 1.29 is 9.90 Å². The van der Waals surface area contributed by atoms with Gasteiger partial charge in [-0.3, -0.25) is 0 Å². The predicted molar refractivity (Wildman–Crippen MR) is 72.3 cm³/mol. The first-order valence-electron chi connectivity index (χ1n) is 5.92. The van der Waals surface area contributed by atoms with E-state index in [0.29, 0.717) is 12.1 Å². The van der Waals surface area contributed by atoms with Gasteiger partial charge in [0.05, 0.1) is 5.57 Å². The van der Waals surface area contributed by atoms with Gasteiger partial charge in [-0.15, -0.1) is 11.3 Å². The molecule has 0 atom stereocenters. The van der Waals surface area contributed by atoms with E-state index in [1.807, 2.05) is 17.5 Å². The summed E-state index contributed by atoms with van der Waals surface area (Å²) in [6.07, 6.45) is 5.20. The van der Waals surface area contributed by atoms with Crippen LogP contribution in [0.5, 0.6) is 0 Å². The zero-order valence-electron chi connectivity index (χ0n) is 10.1. The van der Waals surface area contributed by atoms with Crippen LogP contribution < -0.4 is 5.32 Å². The summed E-state index contributed by atoms with van der Waals surface area (Å²) in [6, 6.07) is 3.84. The van der Waals surface area contributed by atoms with E-state index in [1.54, 1.807) is 17.4 Å². The molecular formula is C13H19NO2S. The zero-order valence-corrected chi connectivity index (χ0v) is 10.9. The standard InChI is InChI=1S/C13H19NO2S/c1-2-3-4-7-14-10-11(13(15)16)9-12-6-5-8-17-12/h5-6,8-9,14H,2-4,7,10H2,1H3,(H,15,16)/b11-9+. The lowest BCUT2D eigenvalue weighted by molar-refractivity contribution is -0.132. The molecule has 0 fully saturated rings. The molecule has 1 aromatic heterocycles. The number of thiophene rings is 1. The van der Waals surface area contributed by atoms with E-state index < -0.39 is 5.97 Å². The number of carboxylic acids is 1. The van der Waals surface area contributed by atoms with Gasteiger partial charge in [-0.25, -0.2) is 4.79 Å². The normalized spacial score (nSPS) is 11.7. The molecule has 17 heavy (non-hydrogen) atoms. The van der Waals surface area contributed by atoms with Crippen LogP contribution in [0, 0.1) is 0 Å². The van der Waals surface area contributed by atoms with Crippen LogP contribution >= 0.6 is 11.3 Å². The molecular weight excluding hydrogens is 234 g/mol. The Hall–Kier alpha value is -1.13. The van der Waals surface area contributed by atoms with E-state index >= 15 is 0 Å². The topological polar surface area (TPSA) is 49.3 Å². The van der Waals surface area contributed by atoms with Crippen molar-refractivity contribution in [1.29, 1.82) is 0 Å². The lowest BCUT2D eigenvalue weighted by atomic mass is 10.2. The molecule has 0 bridgehead atoms. The number of hydrogen-bond acceptors (Lipinski definition) is 3. The molecule has 0 spiro atoms. The molecule has 0 amide bonds. The molecule has 0 saturated carbocycles. The minimum Gasteiger partial charge on any atom is -0.478 e. The molecule has 0 saturated heterocycles. The number of nitrogens with one attached hydrogen (secondary N) is 1. The molecule has 1 heterocycles. The predicted octanol–water partition coefficient (Wildman–Crippen LogP) is 3.00. The number of hydrogen-bond donors (Lipinski definition) is 2. The van der Waals surface area contributed by atoms with Crippen molar-refractivity contribution in [3.05, 3.63) is 28.0 Å². The summed E-state index contributed by atoms with van der Waals surface area (Å²) >= 11 is 1.55. The highest BCUT2D eigenvalue weighted by Crippen LogP contribution is 2.13. The Kier molecular flexibility index (Phi) is 6.58. The van der Waals surface area contributed by atoms with Crippen LogP contribution in [0.4, 0.5) is 0 Å². The Morgan fingerprint density at radius 1 is 1.53 bits per heavy atom. The fraction of sp³-hybridized carbons (Fsp3) is 0.462. The molecule has 3 nitrogen and oxygen atoms in total. The summed E-state index contributed by atoms with van der Waals surface area (Å²) in [4.78, 5) is 12.0. The van der Waals surface area contributed by atoms with E-state index in [2.05, 4.69) is 12.2 Å². The van der Waals surface area contributed by atoms with Gasteiger partial charge in [-0.1, -0.05) is 25.8 Å². The minimum atomic E-state index is -0.846. The van der Waals surface area contributed by atoms with Crippen molar-refractivity contribution in [2.24, 2.45) is 0 Å². The van der Waals surface area contributed by atoms with E-state index in [0.717, 1.165) is 17.8 Å². The summed E-state index contributed by atoms with van der Waals surface area (Å²) in [5, 5.41) is 14.2. The van der Waals surface area contributed by atoms with Crippen molar-refractivity contribution in [2.45, 2.75) is 26.2 Å². The lowest BCUT2D eigenvalue weighted by Crippen LogP contribution is -2.21. The van der Waals surface area contributed by atoms with E-state index in [-0.39, 0.29) is 0 Å². The maximum absolute atomic E-state index is 11.0. The van der Waals surface area contributed by atoms with Gasteiger partial charge in [0, 0.05) is 11.4 Å². The van der Waals surface area contributed by atoms with Crippen molar-refractivity contribution in [3.8, 4) is 0 Å². The highest BCUT2D eigenvalue weighted by atomic mass is 32.1. The maximum Gasteiger partial charge on any atom is 0.332 e.